The number of nitrogens with zero attached hydrogens (tertiary/aromatic N) is 1. The van der Waals surface area contributed by atoms with E-state index >= 15 is 0 Å². The lowest BCUT2D eigenvalue weighted by Crippen LogP contribution is -2.33. The third kappa shape index (κ3) is 3.71. The van der Waals surface area contributed by atoms with Crippen LogP contribution in [0.4, 0.5) is 0 Å². The zero-order valence-electron chi connectivity index (χ0n) is 13.9. The van der Waals surface area contributed by atoms with Crippen molar-refractivity contribution in [2.45, 2.75) is 50.7 Å². The highest BCUT2D eigenvalue weighted by molar-refractivity contribution is 6.40. The summed E-state index contributed by atoms with van der Waals surface area (Å²) in [6.45, 7) is 0.528. The molecule has 2 saturated carbocycles. The molecule has 2 aliphatic carbocycles. The third-order valence-electron chi connectivity index (χ3n) is 5.33. The fourth-order valence-corrected chi connectivity index (χ4v) is 4.31. The molecule has 0 amide bonds. The smallest absolute Gasteiger partial charge is 0.141 e. The van der Waals surface area contributed by atoms with E-state index in [0.29, 0.717) is 41.2 Å². The Hall–Kier alpha value is -1.10. The van der Waals surface area contributed by atoms with Crippen molar-refractivity contribution in [1.82, 2.24) is 0 Å². The van der Waals surface area contributed by atoms with Crippen molar-refractivity contribution in [3.05, 3.63) is 33.8 Å². The molecule has 0 bridgehead atoms. The highest BCUT2D eigenvalue weighted by atomic mass is 35.5. The molecule has 0 saturated heterocycles. The Morgan fingerprint density at radius 2 is 1.80 bits per heavy atom. The number of Topliss-reactive ketones (excluding diaryl/α,β-unsaturated/α-hetero) is 1. The van der Waals surface area contributed by atoms with Gasteiger partial charge in [0.2, 0.25) is 0 Å². The van der Waals surface area contributed by atoms with Gasteiger partial charge >= 0.3 is 0 Å². The van der Waals surface area contributed by atoms with Crippen molar-refractivity contribution < 1.29 is 14.4 Å². The summed E-state index contributed by atoms with van der Waals surface area (Å²) in [6, 6.07) is 5.47. The molecule has 2 fully saturated rings. The molecule has 4 rings (SSSR count). The van der Waals surface area contributed by atoms with Crippen molar-refractivity contribution >= 4 is 34.7 Å². The molecule has 6 heteroatoms. The van der Waals surface area contributed by atoms with Crippen molar-refractivity contribution in [2.24, 2.45) is 17.0 Å². The molecular formula is C19H21Cl2NO3. The molecule has 1 aliphatic heterocycles. The minimum atomic E-state index is 0.0301. The van der Waals surface area contributed by atoms with Gasteiger partial charge in [-0.05, 0) is 43.7 Å². The van der Waals surface area contributed by atoms with E-state index in [4.69, 9.17) is 32.8 Å². The number of carbonyl (C=O) groups is 1. The van der Waals surface area contributed by atoms with Crippen LogP contribution in [0.2, 0.25) is 10.0 Å². The number of carbonyl (C=O) groups excluding carboxylic acids is 1. The SMILES string of the molecule is O=C1CCC(OCC2C(c3c(Cl)cccc3Cl)=NOC2C2CC2)CC1. The Morgan fingerprint density at radius 3 is 2.44 bits per heavy atom. The summed E-state index contributed by atoms with van der Waals surface area (Å²) in [5, 5.41) is 5.51. The number of ketones is 1. The summed E-state index contributed by atoms with van der Waals surface area (Å²) in [5.41, 5.74) is 1.54. The summed E-state index contributed by atoms with van der Waals surface area (Å²) in [4.78, 5) is 17.2. The number of rotatable bonds is 5. The fraction of sp³-hybridized carbons (Fsp3) is 0.579. The Balaban J connectivity index is 1.51. The summed E-state index contributed by atoms with van der Waals surface area (Å²) < 4.78 is 6.16. The zero-order valence-corrected chi connectivity index (χ0v) is 15.4. The van der Waals surface area contributed by atoms with E-state index < -0.39 is 0 Å². The summed E-state index contributed by atoms with van der Waals surface area (Å²) >= 11 is 12.8. The zero-order chi connectivity index (χ0) is 17.4. The minimum Gasteiger partial charge on any atom is -0.391 e. The Kier molecular flexibility index (Phi) is 5.03. The maximum atomic E-state index is 11.4. The van der Waals surface area contributed by atoms with E-state index in [2.05, 4.69) is 5.16 Å². The van der Waals surface area contributed by atoms with Crippen LogP contribution in [0.5, 0.6) is 0 Å². The van der Waals surface area contributed by atoms with Gasteiger partial charge in [0.1, 0.15) is 11.9 Å². The Morgan fingerprint density at radius 1 is 1.12 bits per heavy atom. The first-order valence-corrected chi connectivity index (χ1v) is 9.70. The molecular weight excluding hydrogens is 361 g/mol. The molecule has 0 spiro atoms. The second kappa shape index (κ2) is 7.26. The molecule has 1 heterocycles. The summed E-state index contributed by atoms with van der Waals surface area (Å²) in [5.74, 6) is 0.900. The monoisotopic (exact) mass is 381 g/mol. The van der Waals surface area contributed by atoms with E-state index in [1.54, 1.807) is 0 Å². The fourth-order valence-electron chi connectivity index (χ4n) is 3.72. The molecule has 1 aromatic rings. The lowest BCUT2D eigenvalue weighted by atomic mass is 9.90. The minimum absolute atomic E-state index is 0.0301. The predicted octanol–water partition coefficient (Wildman–Crippen LogP) is 4.65. The molecule has 3 aliphatic rings. The summed E-state index contributed by atoms with van der Waals surface area (Å²) in [7, 11) is 0. The van der Waals surface area contributed by atoms with Gasteiger partial charge < -0.3 is 9.57 Å². The van der Waals surface area contributed by atoms with Crippen LogP contribution in [-0.4, -0.2) is 30.3 Å². The van der Waals surface area contributed by atoms with Gasteiger partial charge in [-0.2, -0.15) is 0 Å². The highest BCUT2D eigenvalue weighted by Gasteiger charge is 2.46. The van der Waals surface area contributed by atoms with Crippen molar-refractivity contribution in [3.8, 4) is 0 Å². The first-order valence-electron chi connectivity index (χ1n) is 8.95. The van der Waals surface area contributed by atoms with Gasteiger partial charge in [-0.25, -0.2) is 0 Å². The third-order valence-corrected chi connectivity index (χ3v) is 5.96. The van der Waals surface area contributed by atoms with E-state index in [-0.39, 0.29) is 18.1 Å². The largest absolute Gasteiger partial charge is 0.391 e. The second-order valence-electron chi connectivity index (χ2n) is 7.16. The number of oxime groups is 1. The molecule has 25 heavy (non-hydrogen) atoms. The van der Waals surface area contributed by atoms with Gasteiger partial charge in [0, 0.05) is 18.4 Å². The lowest BCUT2D eigenvalue weighted by Gasteiger charge is -2.25. The molecule has 4 nitrogen and oxygen atoms in total. The lowest BCUT2D eigenvalue weighted by molar-refractivity contribution is -0.123. The van der Waals surface area contributed by atoms with Crippen LogP contribution in [-0.2, 0) is 14.4 Å². The first-order chi connectivity index (χ1) is 12.1. The van der Waals surface area contributed by atoms with Gasteiger partial charge in [0.15, 0.2) is 0 Å². The van der Waals surface area contributed by atoms with Gasteiger partial charge in [0.25, 0.3) is 0 Å². The van der Waals surface area contributed by atoms with Crippen LogP contribution in [0.25, 0.3) is 0 Å². The number of hydrogen-bond donors (Lipinski definition) is 0. The molecule has 0 N–H and O–H groups in total. The van der Waals surface area contributed by atoms with Gasteiger partial charge in [-0.15, -0.1) is 0 Å². The van der Waals surface area contributed by atoms with E-state index in [1.165, 1.54) is 0 Å². The molecule has 2 unspecified atom stereocenters. The van der Waals surface area contributed by atoms with E-state index in [0.717, 1.165) is 37.0 Å². The van der Waals surface area contributed by atoms with E-state index in [1.807, 2.05) is 18.2 Å². The topological polar surface area (TPSA) is 47.9 Å². The number of halogens is 2. The van der Waals surface area contributed by atoms with Crippen LogP contribution in [0, 0.1) is 11.8 Å². The number of benzene rings is 1. The van der Waals surface area contributed by atoms with Crippen LogP contribution in [0.3, 0.4) is 0 Å². The first kappa shape index (κ1) is 17.3. The molecule has 0 radical (unpaired) electrons. The maximum absolute atomic E-state index is 11.4. The number of hydrogen-bond acceptors (Lipinski definition) is 4. The van der Waals surface area contributed by atoms with Gasteiger partial charge in [0.05, 0.1) is 34.4 Å². The molecule has 1 aromatic carbocycles. The number of ether oxygens (including phenoxy) is 1. The molecule has 0 aromatic heterocycles. The quantitative estimate of drug-likeness (QED) is 0.745. The standard InChI is InChI=1S/C19H21Cl2NO3/c20-15-2-1-3-16(21)17(15)18-14(19(25-22-18)11-4-5-11)10-24-13-8-6-12(23)7-9-13/h1-3,11,13-14,19H,4-10H2. The van der Waals surface area contributed by atoms with Crippen LogP contribution >= 0.6 is 23.2 Å². The van der Waals surface area contributed by atoms with Gasteiger partial charge in [-0.1, -0.05) is 34.4 Å². The van der Waals surface area contributed by atoms with Crippen molar-refractivity contribution in [1.29, 1.82) is 0 Å². The van der Waals surface area contributed by atoms with Crippen LogP contribution < -0.4 is 0 Å². The average molecular weight is 382 g/mol. The normalized spacial score (nSPS) is 27.3. The predicted molar refractivity (Wildman–Crippen MR) is 97.3 cm³/mol. The van der Waals surface area contributed by atoms with E-state index in [9.17, 15) is 4.79 Å². The Labute approximate surface area is 157 Å². The molecule has 2 atom stereocenters. The highest BCUT2D eigenvalue weighted by Crippen LogP contribution is 2.43. The Bertz CT molecular complexity index is 672. The maximum Gasteiger partial charge on any atom is 0.141 e. The second-order valence-corrected chi connectivity index (χ2v) is 7.97. The van der Waals surface area contributed by atoms with Crippen molar-refractivity contribution in [3.63, 3.8) is 0 Å². The summed E-state index contributed by atoms with van der Waals surface area (Å²) in [6.07, 6.45) is 5.36. The van der Waals surface area contributed by atoms with Crippen molar-refractivity contribution in [2.75, 3.05) is 6.61 Å². The molecule has 134 valence electrons. The van der Waals surface area contributed by atoms with Crippen LogP contribution in [0.1, 0.15) is 44.1 Å². The van der Waals surface area contributed by atoms with Crippen LogP contribution in [0.15, 0.2) is 23.4 Å². The average Bonchev–Trinajstić information content (AvgIpc) is 3.36. The van der Waals surface area contributed by atoms with Gasteiger partial charge in [-0.3, -0.25) is 4.79 Å².